The first-order chi connectivity index (χ1) is 13.0. The first-order valence-electron chi connectivity index (χ1n) is 8.45. The van der Waals surface area contributed by atoms with Crippen LogP contribution in [-0.4, -0.2) is 39.6 Å². The lowest BCUT2D eigenvalue weighted by Gasteiger charge is -2.27. The third kappa shape index (κ3) is 4.38. The highest BCUT2D eigenvalue weighted by Crippen LogP contribution is 2.33. The second-order valence-electron chi connectivity index (χ2n) is 6.76. The first-order valence-corrected chi connectivity index (χ1v) is 8.45. The molecule has 152 valence electrons. The second kappa shape index (κ2) is 8.09. The van der Waals surface area contributed by atoms with E-state index in [0.29, 0.717) is 5.56 Å². The third-order valence-electron chi connectivity index (χ3n) is 4.62. The molecule has 0 bridgehead atoms. The lowest BCUT2D eigenvalue weighted by molar-refractivity contribution is -0.137. The predicted octanol–water partition coefficient (Wildman–Crippen LogP) is 1.92. The maximum atomic E-state index is 12.8. The molecule has 1 N–H and O–H groups in total. The summed E-state index contributed by atoms with van der Waals surface area (Å²) in [7, 11) is 6.26. The maximum absolute atomic E-state index is 12.8. The van der Waals surface area contributed by atoms with Gasteiger partial charge in [0.1, 0.15) is 5.69 Å². The molecule has 1 aromatic heterocycles. The van der Waals surface area contributed by atoms with Crippen LogP contribution in [-0.2, 0) is 20.3 Å². The van der Waals surface area contributed by atoms with E-state index in [1.54, 1.807) is 19.0 Å². The van der Waals surface area contributed by atoms with Crippen LogP contribution >= 0.6 is 0 Å². The van der Waals surface area contributed by atoms with Gasteiger partial charge in [-0.3, -0.25) is 9.36 Å². The van der Waals surface area contributed by atoms with Crippen molar-refractivity contribution in [3.8, 4) is 0 Å². The van der Waals surface area contributed by atoms with Crippen LogP contribution in [0.5, 0.6) is 0 Å². The zero-order chi connectivity index (χ0) is 21.2. The maximum Gasteiger partial charge on any atom is 0.416 e. The van der Waals surface area contributed by atoms with Crippen LogP contribution in [0.25, 0.3) is 0 Å². The number of hydrogen-bond acceptors (Lipinski definition) is 5. The van der Waals surface area contributed by atoms with Crippen LogP contribution in [0.1, 0.15) is 35.2 Å². The van der Waals surface area contributed by atoms with E-state index in [9.17, 15) is 22.8 Å². The monoisotopic (exact) mass is 397 g/mol. The van der Waals surface area contributed by atoms with E-state index in [1.807, 2.05) is 0 Å². The average Bonchev–Trinajstić information content (AvgIpc) is 2.63. The van der Waals surface area contributed by atoms with Crippen molar-refractivity contribution in [2.45, 2.75) is 24.6 Å². The topological polar surface area (TPSA) is 84.0 Å². The molecule has 0 aliphatic heterocycles. The summed E-state index contributed by atoms with van der Waals surface area (Å²) in [5, 5.41) is 11.7. The minimum Gasteiger partial charge on any atom is -0.312 e. The summed E-state index contributed by atoms with van der Waals surface area (Å²) in [6.45, 7) is 0. The van der Waals surface area contributed by atoms with E-state index in [-0.39, 0.29) is 18.2 Å². The molecule has 1 heterocycles. The summed E-state index contributed by atoms with van der Waals surface area (Å²) < 4.78 is 40.4. The SMILES string of the molecule is CN(C)C(CC(C=N)c1nn(C)c(=O)n(C)c1=O)c1ccc(C(F)(F)F)cc1. The van der Waals surface area contributed by atoms with Crippen LogP contribution < -0.4 is 11.2 Å². The Hall–Kier alpha value is -2.75. The largest absolute Gasteiger partial charge is 0.416 e. The first kappa shape index (κ1) is 21.5. The van der Waals surface area contributed by atoms with Gasteiger partial charge in [-0.2, -0.15) is 18.3 Å². The Bertz CT molecular complexity index is 961. The molecule has 10 heteroatoms. The Morgan fingerprint density at radius 1 is 1.18 bits per heavy atom. The zero-order valence-corrected chi connectivity index (χ0v) is 16.0. The molecule has 0 fully saturated rings. The predicted molar refractivity (Wildman–Crippen MR) is 98.7 cm³/mol. The Morgan fingerprint density at radius 3 is 2.21 bits per heavy atom. The van der Waals surface area contributed by atoms with Gasteiger partial charge in [0.05, 0.1) is 5.56 Å². The van der Waals surface area contributed by atoms with E-state index < -0.39 is 28.9 Å². The average molecular weight is 397 g/mol. The smallest absolute Gasteiger partial charge is 0.312 e. The van der Waals surface area contributed by atoms with Crippen LogP contribution in [0.4, 0.5) is 13.2 Å². The molecule has 2 aromatic rings. The fraction of sp³-hybridized carbons (Fsp3) is 0.444. The Labute approximate surface area is 159 Å². The molecule has 7 nitrogen and oxygen atoms in total. The Kier molecular flexibility index (Phi) is 6.23. The molecule has 1 aromatic carbocycles. The van der Waals surface area contributed by atoms with E-state index in [0.717, 1.165) is 27.6 Å². The number of aromatic nitrogens is 3. The number of nitrogens with zero attached hydrogens (tertiary/aromatic N) is 4. The fourth-order valence-electron chi connectivity index (χ4n) is 2.99. The zero-order valence-electron chi connectivity index (χ0n) is 16.0. The minimum atomic E-state index is -4.42. The number of alkyl halides is 3. The van der Waals surface area contributed by atoms with Gasteiger partial charge in [-0.05, 0) is 38.2 Å². The highest BCUT2D eigenvalue weighted by atomic mass is 19.4. The van der Waals surface area contributed by atoms with E-state index in [2.05, 4.69) is 5.10 Å². The molecule has 0 saturated heterocycles. The highest BCUT2D eigenvalue weighted by molar-refractivity contribution is 5.63. The summed E-state index contributed by atoms with van der Waals surface area (Å²) in [4.78, 5) is 26.1. The molecular weight excluding hydrogens is 375 g/mol. The normalized spacial score (nSPS) is 14.1. The molecule has 0 saturated carbocycles. The van der Waals surface area contributed by atoms with Crippen LogP contribution in [0, 0.1) is 5.41 Å². The summed E-state index contributed by atoms with van der Waals surface area (Å²) in [6, 6.07) is 4.43. The highest BCUT2D eigenvalue weighted by Gasteiger charge is 2.31. The van der Waals surface area contributed by atoms with Crippen LogP contribution in [0.2, 0.25) is 0 Å². The van der Waals surface area contributed by atoms with Crippen molar-refractivity contribution in [1.29, 1.82) is 5.41 Å². The molecule has 2 rings (SSSR count). The van der Waals surface area contributed by atoms with Gasteiger partial charge in [-0.15, -0.1) is 0 Å². The Balaban J connectivity index is 2.42. The standard InChI is InChI=1S/C18H22F3N5O2/c1-24(2)14(11-5-7-13(8-6-11)18(19,20)21)9-12(10-22)15-16(27)25(3)17(28)26(4)23-15/h5-8,10,12,14,22H,9H2,1-4H3. The molecule has 0 aliphatic carbocycles. The fourth-order valence-corrected chi connectivity index (χ4v) is 2.99. The van der Waals surface area contributed by atoms with Gasteiger partial charge in [0.25, 0.3) is 5.56 Å². The van der Waals surface area contributed by atoms with Gasteiger partial charge in [-0.25, -0.2) is 9.48 Å². The molecule has 0 aliphatic rings. The van der Waals surface area contributed by atoms with Crippen molar-refractivity contribution in [2.24, 2.45) is 14.1 Å². The summed E-state index contributed by atoms with van der Waals surface area (Å²) >= 11 is 0. The van der Waals surface area contributed by atoms with Gasteiger partial charge in [0.2, 0.25) is 0 Å². The number of aryl methyl sites for hydroxylation is 1. The van der Waals surface area contributed by atoms with Crippen molar-refractivity contribution in [3.05, 3.63) is 61.9 Å². The number of nitrogens with one attached hydrogen (secondary N) is 1. The third-order valence-corrected chi connectivity index (χ3v) is 4.62. The Morgan fingerprint density at radius 2 is 1.75 bits per heavy atom. The lowest BCUT2D eigenvalue weighted by atomic mass is 9.92. The van der Waals surface area contributed by atoms with Crippen molar-refractivity contribution >= 4 is 6.21 Å². The molecular formula is C18H22F3N5O2. The number of hydrogen-bond donors (Lipinski definition) is 1. The van der Waals surface area contributed by atoms with Gasteiger partial charge in [0.15, 0.2) is 0 Å². The van der Waals surface area contributed by atoms with Gasteiger partial charge >= 0.3 is 11.9 Å². The number of rotatable bonds is 6. The van der Waals surface area contributed by atoms with Gasteiger partial charge < -0.3 is 10.3 Å². The van der Waals surface area contributed by atoms with Crippen LogP contribution in [0.3, 0.4) is 0 Å². The lowest BCUT2D eigenvalue weighted by Crippen LogP contribution is -2.42. The van der Waals surface area contributed by atoms with Crippen molar-refractivity contribution < 1.29 is 13.2 Å². The number of halogens is 3. The molecule has 2 atom stereocenters. The van der Waals surface area contributed by atoms with E-state index in [1.165, 1.54) is 26.2 Å². The van der Waals surface area contributed by atoms with Crippen molar-refractivity contribution in [1.82, 2.24) is 19.2 Å². The quantitative estimate of drug-likeness (QED) is 0.755. The minimum absolute atomic E-state index is 0.0401. The summed E-state index contributed by atoms with van der Waals surface area (Å²) in [5.41, 5.74) is -1.26. The van der Waals surface area contributed by atoms with Gasteiger partial charge in [0, 0.05) is 32.3 Å². The van der Waals surface area contributed by atoms with Crippen molar-refractivity contribution in [3.63, 3.8) is 0 Å². The van der Waals surface area contributed by atoms with E-state index in [4.69, 9.17) is 5.41 Å². The second-order valence-corrected chi connectivity index (χ2v) is 6.76. The molecule has 28 heavy (non-hydrogen) atoms. The van der Waals surface area contributed by atoms with Gasteiger partial charge in [-0.1, -0.05) is 12.1 Å². The molecule has 2 unspecified atom stereocenters. The molecule has 0 spiro atoms. The van der Waals surface area contributed by atoms with Crippen molar-refractivity contribution in [2.75, 3.05) is 14.1 Å². The molecule has 0 radical (unpaired) electrons. The van der Waals surface area contributed by atoms with Crippen LogP contribution in [0.15, 0.2) is 33.9 Å². The van der Waals surface area contributed by atoms with E-state index >= 15 is 0 Å². The molecule has 0 amide bonds. The number of benzene rings is 1. The summed E-state index contributed by atoms with van der Waals surface area (Å²) in [5.74, 6) is -0.708. The summed E-state index contributed by atoms with van der Waals surface area (Å²) in [6.07, 6.45) is -3.12.